The Morgan fingerprint density at radius 3 is 2.61 bits per heavy atom. The Hall–Kier alpha value is -2.84. The van der Waals surface area contributed by atoms with E-state index in [2.05, 4.69) is 10.6 Å². The highest BCUT2D eigenvalue weighted by molar-refractivity contribution is 5.90. The first kappa shape index (κ1) is 23.3. The molecule has 2 saturated heterocycles. The lowest BCUT2D eigenvalue weighted by molar-refractivity contribution is -0.140. The summed E-state index contributed by atoms with van der Waals surface area (Å²) in [6.07, 6.45) is 4.47. The van der Waals surface area contributed by atoms with Gasteiger partial charge in [-0.15, -0.1) is 0 Å². The molecule has 0 radical (unpaired) electrons. The number of aryl methyl sites for hydroxylation is 1. The van der Waals surface area contributed by atoms with Crippen LogP contribution in [0.3, 0.4) is 0 Å². The van der Waals surface area contributed by atoms with Crippen LogP contribution in [0, 0.1) is 29.4 Å². The summed E-state index contributed by atoms with van der Waals surface area (Å²) in [5.74, 6) is -2.17. The van der Waals surface area contributed by atoms with Gasteiger partial charge in [0.1, 0.15) is 24.0 Å². The predicted octanol–water partition coefficient (Wildman–Crippen LogP) is 1.73. The van der Waals surface area contributed by atoms with E-state index in [0.717, 1.165) is 25.3 Å². The van der Waals surface area contributed by atoms with Crippen LogP contribution in [-0.4, -0.2) is 54.1 Å². The monoisotopic (exact) mass is 461 g/mol. The fourth-order valence-corrected chi connectivity index (χ4v) is 5.64. The molecular formula is C24H29F2N3O4. The van der Waals surface area contributed by atoms with Crippen molar-refractivity contribution in [3.05, 3.63) is 35.4 Å². The van der Waals surface area contributed by atoms with Gasteiger partial charge in [-0.3, -0.25) is 14.4 Å². The van der Waals surface area contributed by atoms with Crippen LogP contribution in [0.1, 0.15) is 44.1 Å². The molecular weight excluding hydrogens is 432 g/mol. The largest absolute Gasteiger partial charge is 0.356 e. The van der Waals surface area contributed by atoms with Crippen molar-refractivity contribution < 1.29 is 28.0 Å². The first-order chi connectivity index (χ1) is 15.9. The zero-order chi connectivity index (χ0) is 23.5. The molecule has 3 fully saturated rings. The molecule has 9 heteroatoms. The summed E-state index contributed by atoms with van der Waals surface area (Å²) < 4.78 is 26.9. The maximum Gasteiger partial charge on any atom is 0.243 e. The molecule has 1 aromatic carbocycles. The molecule has 2 heterocycles. The third-order valence-corrected chi connectivity index (χ3v) is 7.22. The Kier molecular flexibility index (Phi) is 7.05. The number of rotatable bonds is 8. The molecule has 5 atom stereocenters. The summed E-state index contributed by atoms with van der Waals surface area (Å²) in [5.41, 5.74) is 0.386. The number of halogens is 2. The molecule has 0 aromatic heterocycles. The summed E-state index contributed by atoms with van der Waals surface area (Å²) in [7, 11) is 0. The molecule has 2 aliphatic heterocycles. The van der Waals surface area contributed by atoms with Gasteiger partial charge in [0.05, 0.1) is 6.04 Å². The van der Waals surface area contributed by atoms with E-state index in [9.17, 15) is 28.0 Å². The normalized spacial score (nSPS) is 27.2. The number of benzene rings is 1. The number of nitrogens with one attached hydrogen (secondary N) is 2. The van der Waals surface area contributed by atoms with Crippen LogP contribution < -0.4 is 10.6 Å². The van der Waals surface area contributed by atoms with Crippen LogP contribution >= 0.6 is 0 Å². The van der Waals surface area contributed by atoms with E-state index in [-0.39, 0.29) is 54.7 Å². The van der Waals surface area contributed by atoms with Crippen molar-refractivity contribution in [3.8, 4) is 0 Å². The standard InChI is InChI=1S/C24H29F2N3O4/c25-17-8-14(9-18(26)11-17)4-5-21(31)29-12-16-2-1-3-20(16)22(29)24(33)28-19(13-30)10-15-6-7-27-23(15)32/h8-9,11,13,15-16,19-20,22H,1-7,10,12H2,(H,27,32)(H,28,33)/t15-,16-,19-,20-,22-/m0/s1. The number of fused-ring (bicyclic) bond motifs is 1. The Bertz CT molecular complexity index is 920. The van der Waals surface area contributed by atoms with Gasteiger partial charge in [-0.05, 0) is 61.6 Å². The number of hydrogen-bond donors (Lipinski definition) is 2. The average molecular weight is 462 g/mol. The van der Waals surface area contributed by atoms with E-state index in [4.69, 9.17) is 0 Å². The topological polar surface area (TPSA) is 95.6 Å². The lowest BCUT2D eigenvalue weighted by Gasteiger charge is -2.28. The van der Waals surface area contributed by atoms with Crippen molar-refractivity contribution in [2.75, 3.05) is 13.1 Å². The van der Waals surface area contributed by atoms with E-state index in [1.807, 2.05) is 0 Å². The third-order valence-electron chi connectivity index (χ3n) is 7.22. The number of nitrogens with zero attached hydrogens (tertiary/aromatic N) is 1. The molecule has 1 saturated carbocycles. The number of amides is 3. The highest BCUT2D eigenvalue weighted by Crippen LogP contribution is 2.42. The van der Waals surface area contributed by atoms with Crippen molar-refractivity contribution in [1.82, 2.24) is 15.5 Å². The molecule has 0 unspecified atom stereocenters. The molecule has 2 N–H and O–H groups in total. The van der Waals surface area contributed by atoms with Crippen molar-refractivity contribution in [3.63, 3.8) is 0 Å². The molecule has 33 heavy (non-hydrogen) atoms. The van der Waals surface area contributed by atoms with Gasteiger partial charge in [0, 0.05) is 31.5 Å². The van der Waals surface area contributed by atoms with Gasteiger partial charge in [0.25, 0.3) is 0 Å². The number of aldehydes is 1. The van der Waals surface area contributed by atoms with Gasteiger partial charge >= 0.3 is 0 Å². The molecule has 1 aromatic rings. The Balaban J connectivity index is 1.42. The van der Waals surface area contributed by atoms with Gasteiger partial charge in [-0.2, -0.15) is 0 Å². The van der Waals surface area contributed by atoms with Gasteiger partial charge in [0.2, 0.25) is 17.7 Å². The molecule has 3 amide bonds. The van der Waals surface area contributed by atoms with Gasteiger partial charge in [-0.25, -0.2) is 8.78 Å². The van der Waals surface area contributed by atoms with Crippen LogP contribution in [0.2, 0.25) is 0 Å². The first-order valence-corrected chi connectivity index (χ1v) is 11.6. The van der Waals surface area contributed by atoms with E-state index in [1.54, 1.807) is 4.90 Å². The highest BCUT2D eigenvalue weighted by Gasteiger charge is 2.49. The van der Waals surface area contributed by atoms with Crippen LogP contribution in [0.4, 0.5) is 8.78 Å². The second kappa shape index (κ2) is 9.97. The second-order valence-electron chi connectivity index (χ2n) is 9.39. The highest BCUT2D eigenvalue weighted by atomic mass is 19.1. The van der Waals surface area contributed by atoms with Crippen LogP contribution in [0.5, 0.6) is 0 Å². The number of hydrogen-bond acceptors (Lipinski definition) is 4. The predicted molar refractivity (Wildman–Crippen MR) is 115 cm³/mol. The summed E-state index contributed by atoms with van der Waals surface area (Å²) in [6.45, 7) is 1.03. The summed E-state index contributed by atoms with van der Waals surface area (Å²) in [5, 5.41) is 5.49. The fraction of sp³-hybridized carbons (Fsp3) is 0.583. The summed E-state index contributed by atoms with van der Waals surface area (Å²) in [6, 6.07) is 1.72. The van der Waals surface area contributed by atoms with Gasteiger partial charge in [-0.1, -0.05) is 6.42 Å². The van der Waals surface area contributed by atoms with Crippen LogP contribution in [0.25, 0.3) is 0 Å². The molecule has 0 spiro atoms. The smallest absolute Gasteiger partial charge is 0.243 e. The van der Waals surface area contributed by atoms with Crippen molar-refractivity contribution in [2.24, 2.45) is 17.8 Å². The quantitative estimate of drug-likeness (QED) is 0.577. The van der Waals surface area contributed by atoms with Gasteiger partial charge < -0.3 is 20.3 Å². The lowest BCUT2D eigenvalue weighted by atomic mass is 9.92. The minimum Gasteiger partial charge on any atom is -0.356 e. The zero-order valence-electron chi connectivity index (χ0n) is 18.4. The van der Waals surface area contributed by atoms with Crippen molar-refractivity contribution in [2.45, 2.75) is 57.0 Å². The number of carbonyl (C=O) groups is 4. The number of likely N-dealkylation sites (tertiary alicyclic amines) is 1. The summed E-state index contributed by atoms with van der Waals surface area (Å²) >= 11 is 0. The van der Waals surface area contributed by atoms with E-state index < -0.39 is 23.7 Å². The fourth-order valence-electron chi connectivity index (χ4n) is 5.64. The third kappa shape index (κ3) is 5.23. The molecule has 0 bridgehead atoms. The maximum absolute atomic E-state index is 13.5. The van der Waals surface area contributed by atoms with E-state index in [1.165, 1.54) is 12.1 Å². The first-order valence-electron chi connectivity index (χ1n) is 11.6. The molecule has 7 nitrogen and oxygen atoms in total. The maximum atomic E-state index is 13.5. The van der Waals surface area contributed by atoms with Gasteiger partial charge in [0.15, 0.2) is 0 Å². The number of carbonyl (C=O) groups excluding carboxylic acids is 4. The van der Waals surface area contributed by atoms with Crippen LogP contribution in [-0.2, 0) is 25.6 Å². The molecule has 4 rings (SSSR count). The average Bonchev–Trinajstić information content (AvgIpc) is 3.47. The minimum atomic E-state index is -0.793. The van der Waals surface area contributed by atoms with Crippen molar-refractivity contribution in [1.29, 1.82) is 0 Å². The molecule has 178 valence electrons. The molecule has 1 aliphatic carbocycles. The zero-order valence-corrected chi connectivity index (χ0v) is 18.4. The Labute approximate surface area is 191 Å². The molecule has 3 aliphatic rings. The van der Waals surface area contributed by atoms with E-state index >= 15 is 0 Å². The Morgan fingerprint density at radius 2 is 1.94 bits per heavy atom. The Morgan fingerprint density at radius 1 is 1.18 bits per heavy atom. The van der Waals surface area contributed by atoms with E-state index in [0.29, 0.717) is 31.4 Å². The summed E-state index contributed by atoms with van der Waals surface area (Å²) in [4.78, 5) is 51.3. The minimum absolute atomic E-state index is 0.0302. The van der Waals surface area contributed by atoms with Crippen LogP contribution in [0.15, 0.2) is 18.2 Å². The SMILES string of the molecule is O=C[C@H](C[C@@H]1CCNC1=O)NC(=O)[C@@H]1[C@H]2CCC[C@H]2CN1C(=O)CCc1cc(F)cc(F)c1. The second-order valence-corrected chi connectivity index (χ2v) is 9.39. The lowest BCUT2D eigenvalue weighted by Crippen LogP contribution is -2.52. The van der Waals surface area contributed by atoms with Crippen molar-refractivity contribution >= 4 is 24.0 Å².